The van der Waals surface area contributed by atoms with Gasteiger partial charge >= 0.3 is 0 Å². The van der Waals surface area contributed by atoms with Crippen molar-refractivity contribution >= 4 is 28.8 Å². The van der Waals surface area contributed by atoms with E-state index in [1.54, 1.807) is 0 Å². The van der Waals surface area contributed by atoms with Gasteiger partial charge in [0, 0.05) is 35.8 Å². The molecule has 4 rings (SSSR count). The number of likely N-dealkylation sites (tertiary alicyclic amines) is 1. The molecule has 0 radical (unpaired) electrons. The summed E-state index contributed by atoms with van der Waals surface area (Å²) in [5.74, 6) is 0.674. The van der Waals surface area contributed by atoms with Crippen molar-refractivity contribution in [3.05, 3.63) is 67.0 Å². The minimum Gasteiger partial charge on any atom is -0.338 e. The smallest absolute Gasteiger partial charge is 0.277 e. The molecule has 0 spiro atoms. The number of carbonyl (C=O) groups excluding carboxylic acids is 1. The Morgan fingerprint density at radius 2 is 1.90 bits per heavy atom. The first-order chi connectivity index (χ1) is 14.3. The first kappa shape index (κ1) is 20.9. The average Bonchev–Trinajstić information content (AvgIpc) is 3.24. The van der Waals surface area contributed by atoms with Gasteiger partial charge in [-0.1, -0.05) is 42.0 Å². The van der Waals surface area contributed by atoms with Gasteiger partial charge in [0.2, 0.25) is 5.13 Å². The van der Waals surface area contributed by atoms with Crippen LogP contribution >= 0.6 is 22.9 Å². The molecule has 3 heterocycles. The second kappa shape index (κ2) is 8.40. The van der Waals surface area contributed by atoms with Crippen LogP contribution in [0.15, 0.2) is 29.1 Å². The first-order valence-corrected chi connectivity index (χ1v) is 11.3. The number of aromatic amines is 1. The number of H-pyrrole nitrogens is 1. The summed E-state index contributed by atoms with van der Waals surface area (Å²) in [4.78, 5) is 33.1. The zero-order valence-electron chi connectivity index (χ0n) is 17.4. The van der Waals surface area contributed by atoms with E-state index in [0.29, 0.717) is 38.6 Å². The van der Waals surface area contributed by atoms with E-state index in [4.69, 9.17) is 11.6 Å². The molecule has 1 aromatic carbocycles. The minimum absolute atomic E-state index is 0.0147. The second-order valence-corrected chi connectivity index (χ2v) is 9.46. The van der Waals surface area contributed by atoms with E-state index in [1.807, 2.05) is 43.0 Å². The van der Waals surface area contributed by atoms with Crippen molar-refractivity contribution in [2.75, 3.05) is 13.1 Å². The number of carbonyl (C=O) groups is 1. The highest BCUT2D eigenvalue weighted by molar-refractivity contribution is 7.16. The molecule has 0 atom stereocenters. The molecule has 0 bridgehead atoms. The molecule has 2 aromatic heterocycles. The van der Waals surface area contributed by atoms with Crippen molar-refractivity contribution in [2.45, 2.75) is 40.0 Å². The van der Waals surface area contributed by atoms with Gasteiger partial charge in [-0.15, -0.1) is 0 Å². The first-order valence-electron chi connectivity index (χ1n) is 10.2. The number of piperidine rings is 1. The zero-order valence-corrected chi connectivity index (χ0v) is 18.9. The lowest BCUT2D eigenvalue weighted by Gasteiger charge is -2.29. The Hall–Kier alpha value is -2.38. The van der Waals surface area contributed by atoms with Crippen LogP contribution in [0.1, 0.15) is 52.0 Å². The Balaban J connectivity index is 1.60. The van der Waals surface area contributed by atoms with Gasteiger partial charge in [-0.25, -0.2) is 4.98 Å². The predicted molar refractivity (Wildman–Crippen MR) is 120 cm³/mol. The Labute approximate surface area is 184 Å². The van der Waals surface area contributed by atoms with E-state index in [-0.39, 0.29) is 11.5 Å². The number of aromatic nitrogens is 3. The second-order valence-electron chi connectivity index (χ2n) is 8.04. The number of hydrogen-bond donors (Lipinski definition) is 1. The summed E-state index contributed by atoms with van der Waals surface area (Å²) < 4.78 is 1.45. The van der Waals surface area contributed by atoms with Crippen molar-refractivity contribution in [1.29, 1.82) is 0 Å². The maximum Gasteiger partial charge on any atom is 0.277 e. The standard InChI is InChI=1S/C22H25ClN4O2S/c1-13-8-10-26(11-9-13)21(29)19-15(3)24-22(30-19)27-20(28)18(14(2)25-27)12-16-4-6-17(23)7-5-16/h4-7,13,25H,8-12H2,1-3H3. The molecule has 30 heavy (non-hydrogen) atoms. The van der Waals surface area contributed by atoms with Crippen molar-refractivity contribution in [2.24, 2.45) is 5.92 Å². The van der Waals surface area contributed by atoms with Gasteiger partial charge in [-0.3, -0.25) is 14.7 Å². The maximum absolute atomic E-state index is 13.1. The van der Waals surface area contributed by atoms with Gasteiger partial charge in [0.25, 0.3) is 11.5 Å². The lowest BCUT2D eigenvalue weighted by molar-refractivity contribution is 0.0701. The van der Waals surface area contributed by atoms with Crippen LogP contribution in [0.3, 0.4) is 0 Å². The van der Waals surface area contributed by atoms with E-state index in [2.05, 4.69) is 17.0 Å². The van der Waals surface area contributed by atoms with Crippen molar-refractivity contribution < 1.29 is 4.79 Å². The predicted octanol–water partition coefficient (Wildman–Crippen LogP) is 4.36. The molecule has 1 aliphatic heterocycles. The number of hydrogen-bond acceptors (Lipinski definition) is 4. The van der Waals surface area contributed by atoms with Gasteiger partial charge < -0.3 is 4.90 Å². The largest absolute Gasteiger partial charge is 0.338 e. The number of thiazole rings is 1. The normalized spacial score (nSPS) is 15.0. The van der Waals surface area contributed by atoms with Crippen molar-refractivity contribution in [3.8, 4) is 5.13 Å². The fraction of sp³-hybridized carbons (Fsp3) is 0.409. The van der Waals surface area contributed by atoms with Gasteiger partial charge in [0.1, 0.15) is 4.88 Å². The summed E-state index contributed by atoms with van der Waals surface area (Å²) in [6.07, 6.45) is 2.56. The summed E-state index contributed by atoms with van der Waals surface area (Å²) in [7, 11) is 0. The molecule has 1 aliphatic rings. The van der Waals surface area contributed by atoms with Crippen LogP contribution in [0.2, 0.25) is 5.02 Å². The van der Waals surface area contributed by atoms with Crippen LogP contribution in [0.4, 0.5) is 0 Å². The number of amides is 1. The van der Waals surface area contributed by atoms with Crippen molar-refractivity contribution in [1.82, 2.24) is 19.7 Å². The average molecular weight is 445 g/mol. The quantitative estimate of drug-likeness (QED) is 0.650. The van der Waals surface area contributed by atoms with E-state index >= 15 is 0 Å². The van der Waals surface area contributed by atoms with E-state index in [9.17, 15) is 9.59 Å². The summed E-state index contributed by atoms with van der Waals surface area (Å²) >= 11 is 7.23. The van der Waals surface area contributed by atoms with E-state index in [1.165, 1.54) is 16.0 Å². The Bertz CT molecular complexity index is 1120. The fourth-order valence-electron chi connectivity index (χ4n) is 3.76. The highest BCUT2D eigenvalue weighted by Gasteiger charge is 2.26. The topological polar surface area (TPSA) is 71.0 Å². The van der Waals surface area contributed by atoms with Crippen LogP contribution in [0, 0.1) is 19.8 Å². The third kappa shape index (κ3) is 4.09. The maximum atomic E-state index is 13.1. The summed E-state index contributed by atoms with van der Waals surface area (Å²) in [5.41, 5.74) is 3.01. The number of halogens is 1. The van der Waals surface area contributed by atoms with Gasteiger partial charge in [-0.2, -0.15) is 4.68 Å². The van der Waals surface area contributed by atoms with Gasteiger partial charge in [0.05, 0.1) is 5.69 Å². The van der Waals surface area contributed by atoms with Crippen LogP contribution in [0.25, 0.3) is 5.13 Å². The highest BCUT2D eigenvalue weighted by Crippen LogP contribution is 2.25. The SMILES string of the molecule is Cc1nc(-n2[nH]c(C)c(Cc3ccc(Cl)cc3)c2=O)sc1C(=O)N1CCC(C)CC1. The molecule has 1 amide bonds. The summed E-state index contributed by atoms with van der Waals surface area (Å²) in [6, 6.07) is 7.48. The van der Waals surface area contributed by atoms with Crippen LogP contribution < -0.4 is 5.56 Å². The molecule has 0 unspecified atom stereocenters. The Kier molecular flexibility index (Phi) is 5.84. The van der Waals surface area contributed by atoms with Crippen LogP contribution in [-0.4, -0.2) is 38.7 Å². The molecule has 158 valence electrons. The molecular formula is C22H25ClN4O2S. The van der Waals surface area contributed by atoms with E-state index < -0.39 is 0 Å². The van der Waals surface area contributed by atoms with Gasteiger partial charge in [-0.05, 0) is 50.3 Å². The lowest BCUT2D eigenvalue weighted by atomic mass is 9.99. The molecule has 3 aromatic rings. The number of aryl methyl sites for hydroxylation is 2. The molecule has 0 aliphatic carbocycles. The number of benzene rings is 1. The van der Waals surface area contributed by atoms with Crippen LogP contribution in [0.5, 0.6) is 0 Å². The van der Waals surface area contributed by atoms with E-state index in [0.717, 1.165) is 37.2 Å². The molecule has 6 nitrogen and oxygen atoms in total. The van der Waals surface area contributed by atoms with Gasteiger partial charge in [0.15, 0.2) is 0 Å². The summed E-state index contributed by atoms with van der Waals surface area (Å²) in [6.45, 7) is 7.48. The Morgan fingerprint density at radius 3 is 2.57 bits per heavy atom. The molecular weight excluding hydrogens is 420 g/mol. The number of nitrogens with one attached hydrogen (secondary N) is 1. The molecule has 0 saturated carbocycles. The third-order valence-electron chi connectivity index (χ3n) is 5.73. The van der Waals surface area contributed by atoms with Crippen LogP contribution in [-0.2, 0) is 6.42 Å². The highest BCUT2D eigenvalue weighted by atomic mass is 35.5. The summed E-state index contributed by atoms with van der Waals surface area (Å²) in [5, 5.41) is 4.29. The third-order valence-corrected chi connectivity index (χ3v) is 7.11. The molecule has 1 N–H and O–H groups in total. The molecule has 1 saturated heterocycles. The van der Waals surface area contributed by atoms with Crippen molar-refractivity contribution in [3.63, 3.8) is 0 Å². The molecule has 1 fully saturated rings. The molecule has 8 heteroatoms. The lowest BCUT2D eigenvalue weighted by Crippen LogP contribution is -2.37. The Morgan fingerprint density at radius 1 is 1.23 bits per heavy atom. The zero-order chi connectivity index (χ0) is 21.4. The number of nitrogens with zero attached hydrogens (tertiary/aromatic N) is 3. The monoisotopic (exact) mass is 444 g/mol. The fourth-order valence-corrected chi connectivity index (χ4v) is 4.88. The minimum atomic E-state index is -0.137. The number of rotatable bonds is 4.